The first-order valence-electron chi connectivity index (χ1n) is 11.2. The van der Waals surface area contributed by atoms with Crippen LogP contribution in [0.15, 0.2) is 30.3 Å². The summed E-state index contributed by atoms with van der Waals surface area (Å²) in [5.74, 6) is 1.49. The zero-order valence-corrected chi connectivity index (χ0v) is 17.1. The Morgan fingerprint density at radius 1 is 1.21 bits per heavy atom. The molecular weight excluding hydrogens is 362 g/mol. The fraction of sp³-hybridized carbons (Fsp3) is 0.667. The largest absolute Gasteiger partial charge is 0.370 e. The number of carbonyl (C=O) groups excluding carboxylic acids is 1. The van der Waals surface area contributed by atoms with Crippen molar-refractivity contribution < 1.29 is 9.53 Å². The Labute approximate surface area is 173 Å². The van der Waals surface area contributed by atoms with Gasteiger partial charge in [-0.3, -0.25) is 4.79 Å². The van der Waals surface area contributed by atoms with Gasteiger partial charge in [-0.25, -0.2) is 0 Å². The Morgan fingerprint density at radius 3 is 2.69 bits per heavy atom. The van der Waals surface area contributed by atoms with Crippen LogP contribution in [-0.2, 0) is 16.1 Å². The van der Waals surface area contributed by atoms with Crippen LogP contribution < -0.4 is 5.32 Å². The molecule has 1 aliphatic heterocycles. The number of hydrogen-bond donors (Lipinski definition) is 1. The first-order chi connectivity index (χ1) is 14.1. The third kappa shape index (κ3) is 3.69. The lowest BCUT2D eigenvalue weighted by molar-refractivity contribution is -0.182. The summed E-state index contributed by atoms with van der Waals surface area (Å²) in [7, 11) is 0. The van der Waals surface area contributed by atoms with Gasteiger partial charge in [-0.2, -0.15) is 5.26 Å². The molecule has 1 aromatic carbocycles. The number of nitriles is 1. The molecule has 0 spiro atoms. The van der Waals surface area contributed by atoms with Crippen LogP contribution in [0.3, 0.4) is 0 Å². The topological polar surface area (TPSA) is 65.4 Å². The van der Waals surface area contributed by atoms with Gasteiger partial charge in [-0.05, 0) is 68.8 Å². The highest BCUT2D eigenvalue weighted by molar-refractivity contribution is 5.79. The second kappa shape index (κ2) is 7.41. The van der Waals surface area contributed by atoms with E-state index in [1.165, 1.54) is 12.0 Å². The van der Waals surface area contributed by atoms with Crippen molar-refractivity contribution >= 4 is 5.91 Å². The molecular formula is C24H31N3O2. The number of hydrogen-bond acceptors (Lipinski definition) is 4. The lowest BCUT2D eigenvalue weighted by Crippen LogP contribution is -2.66. The van der Waals surface area contributed by atoms with Crippen molar-refractivity contribution in [2.45, 2.75) is 75.2 Å². The summed E-state index contributed by atoms with van der Waals surface area (Å²) in [6.45, 7) is 1.75. The van der Waals surface area contributed by atoms with Gasteiger partial charge in [0, 0.05) is 12.1 Å². The molecule has 5 heteroatoms. The predicted molar refractivity (Wildman–Crippen MR) is 110 cm³/mol. The van der Waals surface area contributed by atoms with E-state index in [1.54, 1.807) is 4.90 Å². The normalized spacial score (nSPS) is 37.6. The molecule has 4 saturated carbocycles. The minimum atomic E-state index is -0.235. The Kier molecular flexibility index (Phi) is 4.88. The first kappa shape index (κ1) is 19.1. The number of nitrogens with one attached hydrogen (secondary N) is 1. The molecule has 5 aliphatic rings. The van der Waals surface area contributed by atoms with Gasteiger partial charge < -0.3 is 15.0 Å². The predicted octanol–water partition coefficient (Wildman–Crippen LogP) is 3.40. The number of amides is 1. The summed E-state index contributed by atoms with van der Waals surface area (Å²) in [6.07, 6.45) is 8.73. The lowest BCUT2D eigenvalue weighted by atomic mass is 9.51. The van der Waals surface area contributed by atoms with Crippen LogP contribution in [0.4, 0.5) is 0 Å². The van der Waals surface area contributed by atoms with E-state index in [9.17, 15) is 10.1 Å². The van der Waals surface area contributed by atoms with Crippen LogP contribution in [0.1, 0.15) is 56.9 Å². The van der Waals surface area contributed by atoms with E-state index >= 15 is 0 Å². The van der Waals surface area contributed by atoms with Crippen LogP contribution in [0.2, 0.25) is 0 Å². The van der Waals surface area contributed by atoms with E-state index in [0.29, 0.717) is 25.0 Å². The second-order valence-corrected chi connectivity index (χ2v) is 9.93. The molecule has 5 fully saturated rings. The first-order valence-corrected chi connectivity index (χ1v) is 11.2. The maximum Gasteiger partial charge on any atom is 0.237 e. The third-order valence-corrected chi connectivity index (χ3v) is 7.73. The molecule has 5 nitrogen and oxygen atoms in total. The maximum absolute atomic E-state index is 12.8. The second-order valence-electron chi connectivity index (χ2n) is 9.93. The van der Waals surface area contributed by atoms with Crippen molar-refractivity contribution in [1.82, 2.24) is 10.2 Å². The van der Waals surface area contributed by atoms with Crippen LogP contribution in [0.5, 0.6) is 0 Å². The smallest absolute Gasteiger partial charge is 0.237 e. The monoisotopic (exact) mass is 393 g/mol. The Bertz CT molecular complexity index is 788. The quantitative estimate of drug-likeness (QED) is 0.804. The van der Waals surface area contributed by atoms with E-state index in [2.05, 4.69) is 35.7 Å². The molecule has 6 rings (SSSR count). The highest BCUT2D eigenvalue weighted by Gasteiger charge is 2.58. The molecule has 29 heavy (non-hydrogen) atoms. The van der Waals surface area contributed by atoms with E-state index in [4.69, 9.17) is 4.74 Å². The molecule has 1 heterocycles. The fourth-order valence-corrected chi connectivity index (χ4v) is 6.93. The molecule has 0 aromatic heterocycles. The number of likely N-dealkylation sites (tertiary alicyclic amines) is 1. The number of ether oxygens (including phenoxy) is 1. The summed E-state index contributed by atoms with van der Waals surface area (Å²) in [5.41, 5.74) is 1.22. The standard InChI is InChI=1S/C24H31N3O2/c25-14-21-7-4-8-27(21)22(28)15-26-23-10-19-9-20(11-23)13-24(12-19,17-23)29-16-18-5-2-1-3-6-18/h1-3,5-6,19-21,26H,4,7-13,15-17H2/t19?,20?,21-,23?,24?/m0/s1. The van der Waals surface area contributed by atoms with Crippen molar-refractivity contribution in [3.63, 3.8) is 0 Å². The molecule has 1 aromatic rings. The third-order valence-electron chi connectivity index (χ3n) is 7.73. The highest BCUT2D eigenvalue weighted by atomic mass is 16.5. The van der Waals surface area contributed by atoms with Crippen LogP contribution in [0, 0.1) is 23.2 Å². The molecule has 2 unspecified atom stereocenters. The summed E-state index contributed by atoms with van der Waals surface area (Å²) in [5, 5.41) is 13.0. The van der Waals surface area contributed by atoms with Gasteiger partial charge in [0.1, 0.15) is 6.04 Å². The van der Waals surface area contributed by atoms with Crippen LogP contribution in [-0.4, -0.2) is 41.1 Å². The molecule has 1 saturated heterocycles. The summed E-state index contributed by atoms with van der Waals surface area (Å²) in [6, 6.07) is 12.5. The van der Waals surface area contributed by atoms with Gasteiger partial charge in [0.25, 0.3) is 0 Å². The SMILES string of the molecule is N#C[C@@H]1CCCN1C(=O)CNC12CC3CC(C1)CC(OCc1ccccc1)(C3)C2. The van der Waals surface area contributed by atoms with Crippen molar-refractivity contribution in [1.29, 1.82) is 5.26 Å². The molecule has 154 valence electrons. The molecule has 1 N–H and O–H groups in total. The molecule has 4 aliphatic carbocycles. The number of rotatable bonds is 6. The number of carbonyl (C=O) groups is 1. The highest BCUT2D eigenvalue weighted by Crippen LogP contribution is 2.59. The van der Waals surface area contributed by atoms with Gasteiger partial charge in [0.05, 0.1) is 24.8 Å². The summed E-state index contributed by atoms with van der Waals surface area (Å²) < 4.78 is 6.62. The van der Waals surface area contributed by atoms with E-state index in [0.717, 1.165) is 51.5 Å². The van der Waals surface area contributed by atoms with Crippen molar-refractivity contribution in [3.8, 4) is 6.07 Å². The minimum absolute atomic E-state index is 0.0261. The summed E-state index contributed by atoms with van der Waals surface area (Å²) in [4.78, 5) is 14.6. The average molecular weight is 394 g/mol. The average Bonchev–Trinajstić information content (AvgIpc) is 3.20. The Balaban J connectivity index is 1.25. The Morgan fingerprint density at radius 2 is 1.97 bits per heavy atom. The van der Waals surface area contributed by atoms with E-state index in [-0.39, 0.29) is 23.1 Å². The van der Waals surface area contributed by atoms with Crippen LogP contribution >= 0.6 is 0 Å². The van der Waals surface area contributed by atoms with Gasteiger partial charge >= 0.3 is 0 Å². The van der Waals surface area contributed by atoms with Crippen molar-refractivity contribution in [2.75, 3.05) is 13.1 Å². The minimum Gasteiger partial charge on any atom is -0.370 e. The van der Waals surface area contributed by atoms with E-state index in [1.807, 2.05) is 6.07 Å². The van der Waals surface area contributed by atoms with Gasteiger partial charge in [-0.1, -0.05) is 30.3 Å². The molecule has 4 bridgehead atoms. The maximum atomic E-state index is 12.8. The van der Waals surface area contributed by atoms with Crippen molar-refractivity contribution in [3.05, 3.63) is 35.9 Å². The van der Waals surface area contributed by atoms with E-state index < -0.39 is 0 Å². The molecule has 0 radical (unpaired) electrons. The van der Waals surface area contributed by atoms with Gasteiger partial charge in [0.2, 0.25) is 5.91 Å². The van der Waals surface area contributed by atoms with Gasteiger partial charge in [0.15, 0.2) is 0 Å². The van der Waals surface area contributed by atoms with Crippen molar-refractivity contribution in [2.24, 2.45) is 11.8 Å². The zero-order chi connectivity index (χ0) is 19.9. The Hall–Kier alpha value is -1.90. The van der Waals surface area contributed by atoms with Crippen LogP contribution in [0.25, 0.3) is 0 Å². The molecule has 1 amide bonds. The number of nitrogens with zero attached hydrogens (tertiary/aromatic N) is 2. The summed E-state index contributed by atoms with van der Waals surface area (Å²) >= 11 is 0. The fourth-order valence-electron chi connectivity index (χ4n) is 6.93. The molecule has 3 atom stereocenters. The number of benzene rings is 1. The lowest BCUT2D eigenvalue weighted by Gasteiger charge is -2.62. The zero-order valence-electron chi connectivity index (χ0n) is 17.1. The van der Waals surface area contributed by atoms with Gasteiger partial charge in [-0.15, -0.1) is 0 Å².